The van der Waals surface area contributed by atoms with E-state index in [-0.39, 0.29) is 17.9 Å². The highest BCUT2D eigenvalue weighted by Gasteiger charge is 2.11. The highest BCUT2D eigenvalue weighted by molar-refractivity contribution is 6.31. The van der Waals surface area contributed by atoms with E-state index in [0.717, 1.165) is 6.07 Å². The third-order valence-electron chi connectivity index (χ3n) is 2.66. The molecule has 20 heavy (non-hydrogen) atoms. The van der Waals surface area contributed by atoms with Gasteiger partial charge < -0.3 is 5.32 Å². The monoisotopic (exact) mass is 298 g/mol. The van der Waals surface area contributed by atoms with E-state index in [1.807, 2.05) is 0 Å². The van der Waals surface area contributed by atoms with Crippen molar-refractivity contribution >= 4 is 23.0 Å². The van der Waals surface area contributed by atoms with E-state index in [1.165, 1.54) is 30.3 Å². The summed E-state index contributed by atoms with van der Waals surface area (Å²) in [4.78, 5) is 10.1. The van der Waals surface area contributed by atoms with E-state index in [9.17, 15) is 18.9 Å². The molecule has 0 aliphatic carbocycles. The molecule has 0 aliphatic rings. The molecule has 0 bridgehead atoms. The number of halogens is 3. The Hall–Kier alpha value is -2.21. The summed E-state index contributed by atoms with van der Waals surface area (Å²) in [5.41, 5.74) is 0.267. The van der Waals surface area contributed by atoms with Gasteiger partial charge in [0.15, 0.2) is 11.6 Å². The molecule has 4 nitrogen and oxygen atoms in total. The van der Waals surface area contributed by atoms with Gasteiger partial charge in [-0.1, -0.05) is 17.7 Å². The second-order valence-corrected chi connectivity index (χ2v) is 4.39. The first-order valence-electron chi connectivity index (χ1n) is 5.59. The molecule has 0 saturated heterocycles. The van der Waals surface area contributed by atoms with Crippen LogP contribution in [0, 0.1) is 21.7 Å². The Labute approximate surface area is 118 Å². The molecule has 0 spiro atoms. The van der Waals surface area contributed by atoms with E-state index in [0.29, 0.717) is 10.6 Å². The van der Waals surface area contributed by atoms with Gasteiger partial charge in [0.1, 0.15) is 0 Å². The molecule has 0 aliphatic heterocycles. The third-order valence-corrected chi connectivity index (χ3v) is 3.03. The number of hydrogen-bond donors (Lipinski definition) is 1. The largest absolute Gasteiger partial charge is 0.378 e. The van der Waals surface area contributed by atoms with Crippen LogP contribution in [0.3, 0.4) is 0 Å². The summed E-state index contributed by atoms with van der Waals surface area (Å²) in [6, 6.07) is 7.67. The molecule has 0 aromatic heterocycles. The third kappa shape index (κ3) is 3.03. The first kappa shape index (κ1) is 14.2. The first-order chi connectivity index (χ1) is 9.49. The second kappa shape index (κ2) is 5.83. The standard InChI is InChI=1S/C13H9ClF2N2O2/c14-10-5-4-9(18(19)20)6-8(10)7-17-12-3-1-2-11(15)13(12)16/h1-6,17H,7H2. The van der Waals surface area contributed by atoms with E-state index in [1.54, 1.807) is 0 Å². The summed E-state index contributed by atoms with van der Waals surface area (Å²) in [5, 5.41) is 13.6. The highest BCUT2D eigenvalue weighted by Crippen LogP contribution is 2.24. The summed E-state index contributed by atoms with van der Waals surface area (Å²) in [6.45, 7) is 0.0425. The van der Waals surface area contributed by atoms with Gasteiger partial charge in [0, 0.05) is 23.7 Å². The molecule has 0 radical (unpaired) electrons. The number of non-ortho nitro benzene ring substituents is 1. The maximum absolute atomic E-state index is 13.4. The number of nitro groups is 1. The molecule has 0 fully saturated rings. The molecule has 2 rings (SSSR count). The zero-order valence-corrected chi connectivity index (χ0v) is 10.8. The lowest BCUT2D eigenvalue weighted by Crippen LogP contribution is -2.03. The number of anilines is 1. The van der Waals surface area contributed by atoms with Gasteiger partial charge in [0.05, 0.1) is 10.6 Å². The Morgan fingerprint density at radius 2 is 2.00 bits per heavy atom. The van der Waals surface area contributed by atoms with Crippen molar-refractivity contribution in [1.82, 2.24) is 0 Å². The van der Waals surface area contributed by atoms with Crippen molar-refractivity contribution in [3.05, 3.63) is 68.7 Å². The smallest absolute Gasteiger partial charge is 0.269 e. The van der Waals surface area contributed by atoms with Crippen molar-refractivity contribution in [1.29, 1.82) is 0 Å². The number of hydrogen-bond acceptors (Lipinski definition) is 3. The molecular formula is C13H9ClF2N2O2. The topological polar surface area (TPSA) is 55.2 Å². The minimum atomic E-state index is -1.01. The van der Waals surface area contributed by atoms with Crippen LogP contribution in [-0.4, -0.2) is 4.92 Å². The van der Waals surface area contributed by atoms with Crippen LogP contribution < -0.4 is 5.32 Å². The molecule has 0 saturated carbocycles. The molecule has 2 aromatic carbocycles. The maximum atomic E-state index is 13.4. The number of benzene rings is 2. The summed E-state index contributed by atoms with van der Waals surface area (Å²) in [5.74, 6) is -1.98. The molecule has 0 heterocycles. The first-order valence-corrected chi connectivity index (χ1v) is 5.97. The summed E-state index contributed by atoms with van der Waals surface area (Å²) in [6.07, 6.45) is 0. The maximum Gasteiger partial charge on any atom is 0.269 e. The molecule has 2 aromatic rings. The minimum absolute atomic E-state index is 0.0347. The SMILES string of the molecule is O=[N+]([O-])c1ccc(Cl)c(CNc2cccc(F)c2F)c1. The van der Waals surface area contributed by atoms with E-state index in [2.05, 4.69) is 5.32 Å². The Kier molecular flexibility index (Phi) is 4.14. The van der Waals surface area contributed by atoms with Crippen LogP contribution in [0.1, 0.15) is 5.56 Å². The van der Waals surface area contributed by atoms with Crippen LogP contribution >= 0.6 is 11.6 Å². The predicted molar refractivity (Wildman–Crippen MR) is 71.8 cm³/mol. The van der Waals surface area contributed by atoms with Gasteiger partial charge in [-0.05, 0) is 23.8 Å². The quantitative estimate of drug-likeness (QED) is 0.682. The molecule has 0 atom stereocenters. The Balaban J connectivity index is 2.20. The van der Waals surface area contributed by atoms with Gasteiger partial charge in [0.25, 0.3) is 5.69 Å². The average molecular weight is 299 g/mol. The van der Waals surface area contributed by atoms with Crippen molar-refractivity contribution in [2.45, 2.75) is 6.54 Å². The van der Waals surface area contributed by atoms with Gasteiger partial charge in [-0.2, -0.15) is 0 Å². The lowest BCUT2D eigenvalue weighted by molar-refractivity contribution is -0.384. The lowest BCUT2D eigenvalue weighted by Gasteiger charge is -2.09. The molecular weight excluding hydrogens is 290 g/mol. The van der Waals surface area contributed by atoms with Crippen LogP contribution in [0.15, 0.2) is 36.4 Å². The van der Waals surface area contributed by atoms with E-state index in [4.69, 9.17) is 11.6 Å². The van der Waals surface area contributed by atoms with Gasteiger partial charge in [-0.3, -0.25) is 10.1 Å². The van der Waals surface area contributed by atoms with Crippen LogP contribution in [0.25, 0.3) is 0 Å². The molecule has 104 valence electrons. The Morgan fingerprint density at radius 3 is 2.70 bits per heavy atom. The predicted octanol–water partition coefficient (Wildman–Crippen LogP) is 4.14. The molecule has 0 amide bonds. The minimum Gasteiger partial charge on any atom is -0.378 e. The Morgan fingerprint density at radius 1 is 1.25 bits per heavy atom. The molecule has 1 N–H and O–H groups in total. The van der Waals surface area contributed by atoms with Crippen molar-refractivity contribution in [3.8, 4) is 0 Å². The van der Waals surface area contributed by atoms with Gasteiger partial charge in [-0.15, -0.1) is 0 Å². The number of nitrogens with one attached hydrogen (secondary N) is 1. The van der Waals surface area contributed by atoms with Crippen molar-refractivity contribution in [3.63, 3.8) is 0 Å². The summed E-state index contributed by atoms with van der Waals surface area (Å²) in [7, 11) is 0. The zero-order valence-electron chi connectivity index (χ0n) is 10.1. The van der Waals surface area contributed by atoms with Crippen LogP contribution in [-0.2, 0) is 6.54 Å². The summed E-state index contributed by atoms with van der Waals surface area (Å²) >= 11 is 5.91. The number of nitrogens with zero attached hydrogens (tertiary/aromatic N) is 1. The zero-order chi connectivity index (χ0) is 14.7. The fraction of sp³-hybridized carbons (Fsp3) is 0.0769. The fourth-order valence-electron chi connectivity index (χ4n) is 1.64. The van der Waals surface area contributed by atoms with Gasteiger partial charge >= 0.3 is 0 Å². The van der Waals surface area contributed by atoms with Crippen LogP contribution in [0.4, 0.5) is 20.2 Å². The van der Waals surface area contributed by atoms with Crippen molar-refractivity contribution in [2.24, 2.45) is 0 Å². The van der Waals surface area contributed by atoms with Crippen LogP contribution in [0.5, 0.6) is 0 Å². The van der Waals surface area contributed by atoms with Gasteiger partial charge in [-0.25, -0.2) is 8.78 Å². The average Bonchev–Trinajstić information content (AvgIpc) is 2.41. The van der Waals surface area contributed by atoms with Crippen molar-refractivity contribution in [2.75, 3.05) is 5.32 Å². The number of rotatable bonds is 4. The molecule has 7 heteroatoms. The van der Waals surface area contributed by atoms with E-state index < -0.39 is 16.6 Å². The van der Waals surface area contributed by atoms with Gasteiger partial charge in [0.2, 0.25) is 0 Å². The van der Waals surface area contributed by atoms with E-state index >= 15 is 0 Å². The fourth-order valence-corrected chi connectivity index (χ4v) is 1.83. The molecule has 0 unspecified atom stereocenters. The van der Waals surface area contributed by atoms with Crippen molar-refractivity contribution < 1.29 is 13.7 Å². The normalized spacial score (nSPS) is 10.3. The lowest BCUT2D eigenvalue weighted by atomic mass is 10.2. The highest BCUT2D eigenvalue weighted by atomic mass is 35.5. The number of nitro benzene ring substituents is 1. The van der Waals surface area contributed by atoms with Crippen LogP contribution in [0.2, 0.25) is 5.02 Å². The summed E-state index contributed by atoms with van der Waals surface area (Å²) < 4.78 is 26.5. The Bertz CT molecular complexity index is 665. The second-order valence-electron chi connectivity index (χ2n) is 3.99.